The Morgan fingerprint density at radius 2 is 2.17 bits per heavy atom. The third-order valence-corrected chi connectivity index (χ3v) is 7.20. The van der Waals surface area contributed by atoms with E-state index in [-0.39, 0.29) is 17.1 Å². The van der Waals surface area contributed by atoms with Gasteiger partial charge in [-0.05, 0) is 37.0 Å². The highest BCUT2D eigenvalue weighted by Gasteiger charge is 2.23. The lowest BCUT2D eigenvalue weighted by Gasteiger charge is -2.12. The molecule has 0 bridgehead atoms. The highest BCUT2D eigenvalue weighted by atomic mass is 32.2. The summed E-state index contributed by atoms with van der Waals surface area (Å²) in [5, 5.41) is 1.32. The van der Waals surface area contributed by atoms with Gasteiger partial charge in [0.2, 0.25) is 0 Å². The Balaban J connectivity index is 1.65. The van der Waals surface area contributed by atoms with Crippen LogP contribution in [-0.2, 0) is 24.1 Å². The quantitative estimate of drug-likeness (QED) is 0.309. The molecule has 6 nitrogen and oxygen atoms in total. The second kappa shape index (κ2) is 8.69. The lowest BCUT2D eigenvalue weighted by molar-refractivity contribution is 0.102. The number of aryl methyl sites for hydroxylation is 2. The van der Waals surface area contributed by atoms with Crippen LogP contribution in [-0.4, -0.2) is 41.9 Å². The second-order valence-electron chi connectivity index (χ2n) is 6.83. The number of carbonyl (C=O) groups is 1. The number of ether oxygens (including phenoxy) is 2. The summed E-state index contributed by atoms with van der Waals surface area (Å²) in [5.74, 6) is 0.809. The van der Waals surface area contributed by atoms with Gasteiger partial charge in [-0.2, -0.15) is 0 Å². The van der Waals surface area contributed by atoms with E-state index in [1.165, 1.54) is 16.6 Å². The Morgan fingerprint density at radius 3 is 2.97 bits per heavy atom. The summed E-state index contributed by atoms with van der Waals surface area (Å²) in [4.78, 5) is 32.7. The molecule has 1 aliphatic carbocycles. The summed E-state index contributed by atoms with van der Waals surface area (Å²) >= 11 is 2.91. The van der Waals surface area contributed by atoms with Gasteiger partial charge in [0, 0.05) is 17.6 Å². The molecule has 1 aliphatic rings. The normalized spacial score (nSPS) is 13.0. The molecule has 2 aromatic heterocycles. The summed E-state index contributed by atoms with van der Waals surface area (Å²) in [6.07, 6.45) is 3.06. The number of hydrogen-bond acceptors (Lipinski definition) is 7. The first kappa shape index (κ1) is 20.1. The lowest BCUT2D eigenvalue weighted by atomic mass is 10.1. The monoisotopic (exact) mass is 430 g/mol. The van der Waals surface area contributed by atoms with Crippen molar-refractivity contribution in [1.29, 1.82) is 0 Å². The maximum absolute atomic E-state index is 13.2. The minimum Gasteiger partial charge on any atom is -0.497 e. The van der Waals surface area contributed by atoms with Gasteiger partial charge < -0.3 is 9.47 Å². The maximum Gasteiger partial charge on any atom is 0.263 e. The number of aromatic nitrogens is 2. The first-order chi connectivity index (χ1) is 14.1. The van der Waals surface area contributed by atoms with Crippen LogP contribution in [0.4, 0.5) is 0 Å². The van der Waals surface area contributed by atoms with E-state index in [0.717, 1.165) is 35.0 Å². The number of thioether (sulfide) groups is 1. The van der Waals surface area contributed by atoms with Crippen LogP contribution in [0.3, 0.4) is 0 Å². The van der Waals surface area contributed by atoms with Crippen LogP contribution in [0, 0.1) is 0 Å². The Bertz CT molecular complexity index is 1120. The molecule has 0 spiro atoms. The number of hydrogen-bond donors (Lipinski definition) is 0. The predicted octanol–water partition coefficient (Wildman–Crippen LogP) is 3.58. The summed E-state index contributed by atoms with van der Waals surface area (Å²) in [6.45, 7) is 0.829. The molecule has 152 valence electrons. The first-order valence-electron chi connectivity index (χ1n) is 9.46. The molecule has 0 N–H and O–H groups in total. The number of ketones is 1. The topological polar surface area (TPSA) is 70.4 Å². The fourth-order valence-corrected chi connectivity index (χ4v) is 5.78. The number of rotatable bonds is 8. The van der Waals surface area contributed by atoms with Gasteiger partial charge in [-0.1, -0.05) is 23.9 Å². The van der Waals surface area contributed by atoms with Gasteiger partial charge in [-0.3, -0.25) is 14.2 Å². The fourth-order valence-electron chi connectivity index (χ4n) is 3.56. The Kier molecular flexibility index (Phi) is 6.03. The molecule has 0 saturated heterocycles. The van der Waals surface area contributed by atoms with Crippen LogP contribution >= 0.6 is 23.1 Å². The van der Waals surface area contributed by atoms with Gasteiger partial charge in [0.1, 0.15) is 10.6 Å². The van der Waals surface area contributed by atoms with Crippen molar-refractivity contribution in [3.8, 4) is 5.75 Å². The molecule has 8 heteroatoms. The highest BCUT2D eigenvalue weighted by molar-refractivity contribution is 7.99. The van der Waals surface area contributed by atoms with Crippen LogP contribution in [0.1, 0.15) is 27.2 Å². The SMILES string of the molecule is COCCn1c(SCC(=O)c2cccc(OC)c2)nc2sc3c(c2c1=O)CCC3. The standard InChI is InChI=1S/C21H22N2O4S2/c1-26-10-9-23-20(25)18-15-7-4-8-17(15)29-19(18)22-21(23)28-12-16(24)13-5-3-6-14(11-13)27-2/h3,5-6,11H,4,7-10,12H2,1-2H3. The zero-order valence-corrected chi connectivity index (χ0v) is 18.0. The fraction of sp³-hybridized carbons (Fsp3) is 0.381. The van der Waals surface area contributed by atoms with Crippen molar-refractivity contribution in [3.05, 3.63) is 50.6 Å². The van der Waals surface area contributed by atoms with Crippen molar-refractivity contribution in [3.63, 3.8) is 0 Å². The molecule has 0 fully saturated rings. The molecule has 2 heterocycles. The van der Waals surface area contributed by atoms with Crippen LogP contribution < -0.4 is 10.3 Å². The summed E-state index contributed by atoms with van der Waals surface area (Å²) in [5.41, 5.74) is 1.72. The molecule has 3 aromatic rings. The molecular formula is C21H22N2O4S2. The van der Waals surface area contributed by atoms with Crippen LogP contribution in [0.15, 0.2) is 34.2 Å². The average molecular weight is 431 g/mol. The van der Waals surface area contributed by atoms with Crippen molar-refractivity contribution in [1.82, 2.24) is 9.55 Å². The molecule has 0 amide bonds. The van der Waals surface area contributed by atoms with Gasteiger partial charge >= 0.3 is 0 Å². The number of Topliss-reactive ketones (excluding diaryl/α,β-unsaturated/α-hetero) is 1. The van der Waals surface area contributed by atoms with E-state index >= 15 is 0 Å². The van der Waals surface area contributed by atoms with Crippen LogP contribution in [0.25, 0.3) is 10.2 Å². The predicted molar refractivity (Wildman–Crippen MR) is 116 cm³/mol. The van der Waals surface area contributed by atoms with E-state index in [1.807, 2.05) is 0 Å². The molecule has 4 rings (SSSR count). The van der Waals surface area contributed by atoms with E-state index in [2.05, 4.69) is 0 Å². The zero-order valence-electron chi connectivity index (χ0n) is 16.4. The minimum atomic E-state index is -0.0322. The molecule has 0 aliphatic heterocycles. The summed E-state index contributed by atoms with van der Waals surface area (Å²) in [6, 6.07) is 7.09. The van der Waals surface area contributed by atoms with E-state index in [9.17, 15) is 9.59 Å². The van der Waals surface area contributed by atoms with E-state index < -0.39 is 0 Å². The number of methoxy groups -OCH3 is 2. The Morgan fingerprint density at radius 1 is 1.31 bits per heavy atom. The molecule has 29 heavy (non-hydrogen) atoms. The number of fused-ring (bicyclic) bond motifs is 3. The van der Waals surface area contributed by atoms with Gasteiger partial charge in [-0.25, -0.2) is 4.98 Å². The molecule has 0 unspecified atom stereocenters. The van der Waals surface area contributed by atoms with E-state index in [0.29, 0.717) is 29.6 Å². The number of carbonyl (C=O) groups excluding carboxylic acids is 1. The maximum atomic E-state index is 13.2. The Hall–Kier alpha value is -2.16. The molecule has 0 atom stereocenters. The van der Waals surface area contributed by atoms with Crippen LogP contribution in [0.2, 0.25) is 0 Å². The number of benzene rings is 1. The smallest absolute Gasteiger partial charge is 0.263 e. The van der Waals surface area contributed by atoms with Crippen LogP contribution in [0.5, 0.6) is 5.75 Å². The third kappa shape index (κ3) is 3.97. The zero-order chi connectivity index (χ0) is 20.4. The summed E-state index contributed by atoms with van der Waals surface area (Å²) < 4.78 is 12.0. The first-order valence-corrected chi connectivity index (χ1v) is 11.3. The molecule has 1 aromatic carbocycles. The van der Waals surface area contributed by atoms with E-state index in [1.54, 1.807) is 54.4 Å². The lowest BCUT2D eigenvalue weighted by Crippen LogP contribution is -2.25. The van der Waals surface area contributed by atoms with Crippen molar-refractivity contribution in [2.75, 3.05) is 26.6 Å². The van der Waals surface area contributed by atoms with E-state index in [4.69, 9.17) is 14.5 Å². The minimum absolute atomic E-state index is 0.0252. The Labute approximate surface area is 176 Å². The number of nitrogens with zero attached hydrogens (tertiary/aromatic N) is 2. The third-order valence-electron chi connectivity index (χ3n) is 5.03. The van der Waals surface area contributed by atoms with Gasteiger partial charge in [0.05, 0.1) is 31.4 Å². The van der Waals surface area contributed by atoms with Crippen molar-refractivity contribution >= 4 is 39.1 Å². The average Bonchev–Trinajstić information content (AvgIpc) is 3.32. The molecular weight excluding hydrogens is 408 g/mol. The molecule has 0 radical (unpaired) electrons. The largest absolute Gasteiger partial charge is 0.497 e. The number of thiophene rings is 1. The van der Waals surface area contributed by atoms with Gasteiger partial charge in [-0.15, -0.1) is 11.3 Å². The highest BCUT2D eigenvalue weighted by Crippen LogP contribution is 2.35. The van der Waals surface area contributed by atoms with Gasteiger partial charge in [0.25, 0.3) is 5.56 Å². The van der Waals surface area contributed by atoms with Crippen molar-refractivity contribution < 1.29 is 14.3 Å². The second-order valence-corrected chi connectivity index (χ2v) is 8.85. The van der Waals surface area contributed by atoms with Crippen molar-refractivity contribution in [2.24, 2.45) is 0 Å². The summed E-state index contributed by atoms with van der Waals surface area (Å²) in [7, 11) is 3.18. The van der Waals surface area contributed by atoms with Gasteiger partial charge in [0.15, 0.2) is 10.9 Å². The molecule has 0 saturated carbocycles. The van der Waals surface area contributed by atoms with Crippen molar-refractivity contribution in [2.45, 2.75) is 31.0 Å².